The Labute approximate surface area is 133 Å². The molecule has 0 radical (unpaired) electrons. The van der Waals surface area contributed by atoms with E-state index in [0.717, 1.165) is 23.6 Å². The monoisotopic (exact) mass is 320 g/mol. The van der Waals surface area contributed by atoms with E-state index in [2.05, 4.69) is 15.5 Å². The van der Waals surface area contributed by atoms with Crippen molar-refractivity contribution in [3.8, 4) is 5.75 Å². The first-order valence-electron chi connectivity index (χ1n) is 7.19. The van der Waals surface area contributed by atoms with Gasteiger partial charge in [0.25, 0.3) is 0 Å². The second-order valence-corrected chi connectivity index (χ2v) is 5.91. The zero-order valence-electron chi connectivity index (χ0n) is 12.5. The molecule has 118 valence electrons. The number of benzene rings is 1. The standard InChI is InChI=1S/C15H20N4O2S/c1-11-4-6-12(7-5-11)21-10-2-3-14-18-19-15(22-14)17-13(20)8-9-16/h4-7H,2-3,8-10,16H2,1H3,(H,17,19,20). The molecule has 0 fully saturated rings. The molecule has 0 bridgehead atoms. The molecule has 2 aromatic rings. The van der Waals surface area contributed by atoms with Gasteiger partial charge in [-0.15, -0.1) is 10.2 Å². The first-order chi connectivity index (χ1) is 10.7. The number of carbonyl (C=O) groups excluding carboxylic acids is 1. The van der Waals surface area contributed by atoms with E-state index in [1.165, 1.54) is 16.9 Å². The van der Waals surface area contributed by atoms with Crippen LogP contribution in [0, 0.1) is 6.92 Å². The van der Waals surface area contributed by atoms with Gasteiger partial charge in [-0.3, -0.25) is 4.79 Å². The van der Waals surface area contributed by atoms with Crippen LogP contribution in [0.3, 0.4) is 0 Å². The Bertz CT molecular complexity index is 598. The molecule has 0 aliphatic rings. The second kappa shape index (κ2) is 8.45. The zero-order chi connectivity index (χ0) is 15.8. The molecule has 0 aliphatic heterocycles. The van der Waals surface area contributed by atoms with Crippen molar-refractivity contribution in [3.63, 3.8) is 0 Å². The highest BCUT2D eigenvalue weighted by Gasteiger charge is 2.07. The van der Waals surface area contributed by atoms with E-state index in [1.807, 2.05) is 31.2 Å². The van der Waals surface area contributed by atoms with Crippen LogP contribution in [0.2, 0.25) is 0 Å². The molecule has 1 aromatic heterocycles. The van der Waals surface area contributed by atoms with Crippen LogP contribution in [-0.2, 0) is 11.2 Å². The molecule has 0 atom stereocenters. The summed E-state index contributed by atoms with van der Waals surface area (Å²) in [5.41, 5.74) is 6.53. The third kappa shape index (κ3) is 5.42. The van der Waals surface area contributed by atoms with E-state index in [9.17, 15) is 4.79 Å². The van der Waals surface area contributed by atoms with Gasteiger partial charge in [0, 0.05) is 19.4 Å². The van der Waals surface area contributed by atoms with Crippen LogP contribution < -0.4 is 15.8 Å². The smallest absolute Gasteiger partial charge is 0.227 e. The van der Waals surface area contributed by atoms with Crippen LogP contribution in [0.5, 0.6) is 5.75 Å². The largest absolute Gasteiger partial charge is 0.494 e. The SMILES string of the molecule is Cc1ccc(OCCCc2nnc(NC(=O)CCN)s2)cc1. The van der Waals surface area contributed by atoms with Gasteiger partial charge in [0.15, 0.2) is 0 Å². The number of hydrogen-bond donors (Lipinski definition) is 2. The Balaban J connectivity index is 1.70. The predicted molar refractivity (Wildman–Crippen MR) is 87.2 cm³/mol. The van der Waals surface area contributed by atoms with Crippen LogP contribution in [0.4, 0.5) is 5.13 Å². The van der Waals surface area contributed by atoms with E-state index in [4.69, 9.17) is 10.5 Å². The lowest BCUT2D eigenvalue weighted by Gasteiger charge is -2.05. The topological polar surface area (TPSA) is 90.1 Å². The van der Waals surface area contributed by atoms with Crippen molar-refractivity contribution >= 4 is 22.4 Å². The Hall–Kier alpha value is -1.99. The van der Waals surface area contributed by atoms with E-state index < -0.39 is 0 Å². The van der Waals surface area contributed by atoms with Gasteiger partial charge in [0.2, 0.25) is 11.0 Å². The normalized spacial score (nSPS) is 10.5. The minimum Gasteiger partial charge on any atom is -0.494 e. The van der Waals surface area contributed by atoms with Crippen LogP contribution in [0.15, 0.2) is 24.3 Å². The summed E-state index contributed by atoms with van der Waals surface area (Å²) < 4.78 is 5.66. The molecule has 0 saturated heterocycles. The number of ether oxygens (including phenoxy) is 1. The summed E-state index contributed by atoms with van der Waals surface area (Å²) >= 11 is 1.38. The predicted octanol–water partition coefficient (Wildman–Crippen LogP) is 2.15. The fraction of sp³-hybridized carbons (Fsp3) is 0.400. The van der Waals surface area contributed by atoms with Gasteiger partial charge in [0.1, 0.15) is 10.8 Å². The Morgan fingerprint density at radius 3 is 2.82 bits per heavy atom. The molecule has 1 heterocycles. The Morgan fingerprint density at radius 2 is 2.09 bits per heavy atom. The van der Waals surface area contributed by atoms with E-state index in [0.29, 0.717) is 24.7 Å². The number of amides is 1. The number of rotatable bonds is 8. The minimum atomic E-state index is -0.132. The number of nitrogens with one attached hydrogen (secondary N) is 1. The van der Waals surface area contributed by atoms with Crippen LogP contribution >= 0.6 is 11.3 Å². The number of anilines is 1. The lowest BCUT2D eigenvalue weighted by Crippen LogP contribution is -2.15. The number of hydrogen-bond acceptors (Lipinski definition) is 6. The molecule has 0 saturated carbocycles. The van der Waals surface area contributed by atoms with Crippen LogP contribution in [0.1, 0.15) is 23.4 Å². The summed E-state index contributed by atoms with van der Waals surface area (Å²) in [4.78, 5) is 11.4. The van der Waals surface area contributed by atoms with Crippen molar-refractivity contribution < 1.29 is 9.53 Å². The van der Waals surface area contributed by atoms with Crippen molar-refractivity contribution in [1.29, 1.82) is 0 Å². The lowest BCUT2D eigenvalue weighted by atomic mass is 10.2. The molecule has 0 unspecified atom stereocenters. The molecular formula is C15H20N4O2S. The molecule has 7 heteroatoms. The fourth-order valence-electron chi connectivity index (χ4n) is 1.77. The third-order valence-corrected chi connectivity index (χ3v) is 3.81. The molecule has 6 nitrogen and oxygen atoms in total. The van der Waals surface area contributed by atoms with E-state index in [1.54, 1.807) is 0 Å². The van der Waals surface area contributed by atoms with Gasteiger partial charge in [-0.2, -0.15) is 0 Å². The number of aryl methyl sites for hydroxylation is 2. The minimum absolute atomic E-state index is 0.132. The van der Waals surface area contributed by atoms with Crippen molar-refractivity contribution in [3.05, 3.63) is 34.8 Å². The number of aromatic nitrogens is 2. The average molecular weight is 320 g/mol. The summed E-state index contributed by atoms with van der Waals surface area (Å²) in [6.07, 6.45) is 1.91. The van der Waals surface area contributed by atoms with Gasteiger partial charge in [-0.05, 0) is 25.5 Å². The number of carbonyl (C=O) groups is 1. The molecule has 0 spiro atoms. The van der Waals surface area contributed by atoms with E-state index >= 15 is 0 Å². The maximum Gasteiger partial charge on any atom is 0.227 e. The lowest BCUT2D eigenvalue weighted by molar-refractivity contribution is -0.116. The average Bonchev–Trinajstić information content (AvgIpc) is 2.93. The van der Waals surface area contributed by atoms with Gasteiger partial charge in [-0.25, -0.2) is 0 Å². The summed E-state index contributed by atoms with van der Waals surface area (Å²) in [6.45, 7) is 2.99. The van der Waals surface area contributed by atoms with Crippen molar-refractivity contribution in [2.75, 3.05) is 18.5 Å². The fourth-order valence-corrected chi connectivity index (χ4v) is 2.56. The third-order valence-electron chi connectivity index (χ3n) is 2.91. The van der Waals surface area contributed by atoms with E-state index in [-0.39, 0.29) is 5.91 Å². The maximum absolute atomic E-state index is 11.4. The van der Waals surface area contributed by atoms with Crippen molar-refractivity contribution in [1.82, 2.24) is 10.2 Å². The molecule has 0 aliphatic carbocycles. The maximum atomic E-state index is 11.4. The first-order valence-corrected chi connectivity index (χ1v) is 8.01. The molecule has 2 rings (SSSR count). The molecular weight excluding hydrogens is 300 g/mol. The van der Waals surface area contributed by atoms with Crippen molar-refractivity contribution in [2.45, 2.75) is 26.2 Å². The Morgan fingerprint density at radius 1 is 1.32 bits per heavy atom. The molecule has 1 amide bonds. The quantitative estimate of drug-likeness (QED) is 0.727. The summed E-state index contributed by atoms with van der Waals surface area (Å²) in [5.74, 6) is 0.741. The second-order valence-electron chi connectivity index (χ2n) is 4.85. The summed E-state index contributed by atoms with van der Waals surface area (Å²) in [5, 5.41) is 12.1. The number of nitrogens with two attached hydrogens (primary N) is 1. The van der Waals surface area contributed by atoms with Crippen LogP contribution in [0.25, 0.3) is 0 Å². The van der Waals surface area contributed by atoms with Gasteiger partial charge < -0.3 is 15.8 Å². The zero-order valence-corrected chi connectivity index (χ0v) is 13.4. The highest BCUT2D eigenvalue weighted by Crippen LogP contribution is 2.17. The van der Waals surface area contributed by atoms with Crippen LogP contribution in [-0.4, -0.2) is 29.3 Å². The molecule has 1 aromatic carbocycles. The summed E-state index contributed by atoms with van der Waals surface area (Å²) in [7, 11) is 0. The van der Waals surface area contributed by atoms with Gasteiger partial charge in [0.05, 0.1) is 6.61 Å². The highest BCUT2D eigenvalue weighted by atomic mass is 32.1. The van der Waals surface area contributed by atoms with Crippen molar-refractivity contribution in [2.24, 2.45) is 5.73 Å². The molecule has 22 heavy (non-hydrogen) atoms. The Kier molecular flexibility index (Phi) is 6.29. The summed E-state index contributed by atoms with van der Waals surface area (Å²) in [6, 6.07) is 7.98. The van der Waals surface area contributed by atoms with Gasteiger partial charge in [-0.1, -0.05) is 29.0 Å². The highest BCUT2D eigenvalue weighted by molar-refractivity contribution is 7.15. The first kappa shape index (κ1) is 16.4. The van der Waals surface area contributed by atoms with Gasteiger partial charge >= 0.3 is 0 Å². The molecule has 3 N–H and O–H groups in total. The number of nitrogens with zero attached hydrogens (tertiary/aromatic N) is 2.